The molecule has 0 amide bonds. The van der Waals surface area contributed by atoms with E-state index in [9.17, 15) is 10.1 Å². The second-order valence-corrected chi connectivity index (χ2v) is 5.36. The van der Waals surface area contributed by atoms with Crippen LogP contribution >= 0.6 is 15.9 Å². The molecule has 1 atom stereocenters. The van der Waals surface area contributed by atoms with Gasteiger partial charge in [0, 0.05) is 19.3 Å². The second kappa shape index (κ2) is 7.86. The smallest absolute Gasteiger partial charge is 0.311 e. The summed E-state index contributed by atoms with van der Waals surface area (Å²) in [7, 11) is 0. The summed E-state index contributed by atoms with van der Waals surface area (Å²) >= 11 is 3.29. The zero-order valence-electron chi connectivity index (χ0n) is 12.0. The summed E-state index contributed by atoms with van der Waals surface area (Å²) in [5.74, 6) is 0. The molecular weight excluding hydrogens is 350 g/mol. The van der Waals surface area contributed by atoms with Gasteiger partial charge < -0.3 is 10.1 Å². The number of halogens is 1. The van der Waals surface area contributed by atoms with E-state index in [4.69, 9.17) is 4.74 Å². The molecule has 116 valence electrons. The van der Waals surface area contributed by atoms with Crippen molar-refractivity contribution in [2.75, 3.05) is 18.5 Å². The predicted molar refractivity (Wildman–Crippen MR) is 87.9 cm³/mol. The van der Waals surface area contributed by atoms with Crippen LogP contribution in [-0.4, -0.2) is 23.1 Å². The van der Waals surface area contributed by atoms with Crippen molar-refractivity contribution < 1.29 is 9.66 Å². The van der Waals surface area contributed by atoms with E-state index >= 15 is 0 Å². The maximum atomic E-state index is 11.1. The lowest BCUT2D eigenvalue weighted by Crippen LogP contribution is -2.17. The molecule has 6 nitrogen and oxygen atoms in total. The molecule has 1 N–H and O–H groups in total. The molecule has 2 aromatic rings. The molecule has 1 heterocycles. The second-order valence-electron chi connectivity index (χ2n) is 4.51. The Labute approximate surface area is 136 Å². The van der Waals surface area contributed by atoms with Gasteiger partial charge in [-0.3, -0.25) is 15.1 Å². The van der Waals surface area contributed by atoms with Crippen LogP contribution in [0.25, 0.3) is 0 Å². The molecule has 1 aromatic carbocycles. The lowest BCUT2D eigenvalue weighted by Gasteiger charge is -2.19. The lowest BCUT2D eigenvalue weighted by atomic mass is 10.1. The Morgan fingerprint density at radius 2 is 2.09 bits per heavy atom. The van der Waals surface area contributed by atoms with E-state index in [2.05, 4.69) is 26.2 Å². The molecule has 22 heavy (non-hydrogen) atoms. The number of pyridine rings is 1. The van der Waals surface area contributed by atoms with E-state index in [0.717, 1.165) is 5.56 Å². The highest BCUT2D eigenvalue weighted by atomic mass is 79.9. The predicted octanol–water partition coefficient (Wildman–Crippen LogP) is 3.94. The number of nitrogens with one attached hydrogen (secondary N) is 1. The first kappa shape index (κ1) is 16.4. The molecule has 0 aliphatic carbocycles. The van der Waals surface area contributed by atoms with Crippen LogP contribution < -0.4 is 5.32 Å². The van der Waals surface area contributed by atoms with E-state index < -0.39 is 4.92 Å². The molecule has 0 saturated carbocycles. The summed E-state index contributed by atoms with van der Waals surface area (Å²) in [5.41, 5.74) is 1.35. The van der Waals surface area contributed by atoms with Crippen LogP contribution in [0.3, 0.4) is 0 Å². The third-order valence-electron chi connectivity index (χ3n) is 3.08. The van der Waals surface area contributed by atoms with E-state index in [1.807, 2.05) is 37.3 Å². The van der Waals surface area contributed by atoms with Gasteiger partial charge in [-0.2, -0.15) is 0 Å². The number of rotatable bonds is 7. The van der Waals surface area contributed by atoms with E-state index in [0.29, 0.717) is 23.3 Å². The molecule has 1 unspecified atom stereocenters. The van der Waals surface area contributed by atoms with Crippen LogP contribution in [0.2, 0.25) is 0 Å². The maximum absolute atomic E-state index is 11.1. The van der Waals surface area contributed by atoms with Crippen molar-refractivity contribution in [2.24, 2.45) is 0 Å². The molecule has 0 bridgehead atoms. The molecule has 7 heteroatoms. The summed E-state index contributed by atoms with van der Waals surface area (Å²) in [6, 6.07) is 9.75. The summed E-state index contributed by atoms with van der Waals surface area (Å²) in [6.45, 7) is 2.89. The Morgan fingerprint density at radius 3 is 2.73 bits per heavy atom. The first-order valence-electron chi connectivity index (χ1n) is 6.81. The molecule has 0 fully saturated rings. The Hall–Kier alpha value is -1.99. The number of anilines is 1. The average molecular weight is 366 g/mol. The van der Waals surface area contributed by atoms with E-state index in [1.54, 1.807) is 0 Å². The van der Waals surface area contributed by atoms with Gasteiger partial charge in [-0.15, -0.1) is 0 Å². The zero-order chi connectivity index (χ0) is 15.9. The number of nitro groups is 1. The maximum Gasteiger partial charge on any atom is 0.311 e. The topological polar surface area (TPSA) is 77.3 Å². The monoisotopic (exact) mass is 365 g/mol. The van der Waals surface area contributed by atoms with Gasteiger partial charge in [0.15, 0.2) is 0 Å². The van der Waals surface area contributed by atoms with Gasteiger partial charge >= 0.3 is 5.69 Å². The van der Waals surface area contributed by atoms with Crippen molar-refractivity contribution in [1.82, 2.24) is 4.98 Å². The van der Waals surface area contributed by atoms with Gasteiger partial charge in [0.1, 0.15) is 11.9 Å². The van der Waals surface area contributed by atoms with Gasteiger partial charge in [0.25, 0.3) is 0 Å². The molecule has 0 saturated heterocycles. The minimum atomic E-state index is -0.460. The average Bonchev–Trinajstić information content (AvgIpc) is 2.53. The van der Waals surface area contributed by atoms with Crippen molar-refractivity contribution in [1.29, 1.82) is 0 Å². The third-order valence-corrected chi connectivity index (χ3v) is 3.68. The lowest BCUT2D eigenvalue weighted by molar-refractivity contribution is -0.384. The van der Waals surface area contributed by atoms with Crippen LogP contribution in [0.1, 0.15) is 18.6 Å². The van der Waals surface area contributed by atoms with Gasteiger partial charge in [0.05, 0.1) is 15.5 Å². The van der Waals surface area contributed by atoms with Crippen molar-refractivity contribution >= 4 is 27.3 Å². The van der Waals surface area contributed by atoms with Gasteiger partial charge in [-0.25, -0.2) is 0 Å². The van der Waals surface area contributed by atoms with E-state index in [1.165, 1.54) is 12.4 Å². The van der Waals surface area contributed by atoms with Gasteiger partial charge in [-0.05, 0) is 28.4 Å². The minimum absolute atomic E-state index is 0.0716. The normalized spacial score (nSPS) is 11.9. The molecule has 2 rings (SSSR count). The van der Waals surface area contributed by atoms with Crippen LogP contribution in [0.4, 0.5) is 11.4 Å². The quantitative estimate of drug-likeness (QED) is 0.593. The number of hydrogen-bond donors (Lipinski definition) is 1. The molecular formula is C15H16BrN3O3. The fourth-order valence-electron chi connectivity index (χ4n) is 2.07. The summed E-state index contributed by atoms with van der Waals surface area (Å²) < 4.78 is 6.27. The van der Waals surface area contributed by atoms with Crippen molar-refractivity contribution in [3.8, 4) is 0 Å². The summed E-state index contributed by atoms with van der Waals surface area (Å²) in [4.78, 5) is 14.5. The van der Waals surface area contributed by atoms with Gasteiger partial charge in [-0.1, -0.05) is 30.3 Å². The molecule has 1 aromatic heterocycles. The molecule has 0 spiro atoms. The summed E-state index contributed by atoms with van der Waals surface area (Å²) in [5, 5.41) is 14.2. The third kappa shape index (κ3) is 4.02. The number of ether oxygens (including phenoxy) is 1. The van der Waals surface area contributed by atoms with Gasteiger partial charge in [0.2, 0.25) is 0 Å². The largest absolute Gasteiger partial charge is 0.375 e. The highest BCUT2D eigenvalue weighted by Gasteiger charge is 2.19. The van der Waals surface area contributed by atoms with Crippen LogP contribution in [0.15, 0.2) is 47.2 Å². The van der Waals surface area contributed by atoms with E-state index in [-0.39, 0.29) is 11.8 Å². The van der Waals surface area contributed by atoms with Crippen molar-refractivity contribution in [3.63, 3.8) is 0 Å². The first-order valence-corrected chi connectivity index (χ1v) is 7.61. The number of hydrogen-bond acceptors (Lipinski definition) is 5. The number of aromatic nitrogens is 1. The molecule has 0 aliphatic heterocycles. The highest BCUT2D eigenvalue weighted by Crippen LogP contribution is 2.31. The fraction of sp³-hybridized carbons (Fsp3) is 0.267. The Morgan fingerprint density at radius 1 is 1.36 bits per heavy atom. The SMILES string of the molecule is CCOC(CNc1c(Br)cncc1[N+](=O)[O-])c1ccccc1. The van der Waals surface area contributed by atoms with Crippen LogP contribution in [0, 0.1) is 10.1 Å². The first-order chi connectivity index (χ1) is 10.6. The Kier molecular flexibility index (Phi) is 5.85. The minimum Gasteiger partial charge on any atom is -0.375 e. The molecule has 0 aliphatic rings. The number of benzene rings is 1. The Balaban J connectivity index is 2.18. The number of nitrogens with zero attached hydrogens (tertiary/aromatic N) is 2. The summed E-state index contributed by atoms with van der Waals surface area (Å²) in [6.07, 6.45) is 2.56. The van der Waals surface area contributed by atoms with Crippen molar-refractivity contribution in [3.05, 3.63) is 62.9 Å². The van der Waals surface area contributed by atoms with Crippen LogP contribution in [-0.2, 0) is 4.74 Å². The standard InChI is InChI=1S/C15H16BrN3O3/c1-2-22-14(11-6-4-3-5-7-11)10-18-15-12(16)8-17-9-13(15)19(20)21/h3-9,14H,2,10H2,1H3,(H,17,18). The zero-order valence-corrected chi connectivity index (χ0v) is 13.6. The Bertz CT molecular complexity index is 637. The fourth-order valence-corrected chi connectivity index (χ4v) is 2.54. The highest BCUT2D eigenvalue weighted by molar-refractivity contribution is 9.10. The van der Waals surface area contributed by atoms with Crippen LogP contribution in [0.5, 0.6) is 0 Å². The van der Waals surface area contributed by atoms with Crippen molar-refractivity contribution in [2.45, 2.75) is 13.0 Å². The molecule has 0 radical (unpaired) electrons.